The lowest BCUT2D eigenvalue weighted by atomic mass is 10.2. The lowest BCUT2D eigenvalue weighted by molar-refractivity contribution is 0.690. The summed E-state index contributed by atoms with van der Waals surface area (Å²) in [4.78, 5) is 10.7. The number of hydrogen-bond donors (Lipinski definition) is 0. The quantitative estimate of drug-likeness (QED) is 0.753. The van der Waals surface area contributed by atoms with Crippen LogP contribution in [0.3, 0.4) is 0 Å². The third-order valence-electron chi connectivity index (χ3n) is 2.59. The topological polar surface area (TPSA) is 52.8 Å². The first-order valence-corrected chi connectivity index (χ1v) is 4.96. The average molecular weight is 204 g/mol. The molecule has 0 saturated heterocycles. The van der Waals surface area contributed by atoms with E-state index in [9.17, 15) is 0 Å². The van der Waals surface area contributed by atoms with Crippen molar-refractivity contribution in [2.45, 2.75) is 33.2 Å². The highest BCUT2D eigenvalue weighted by atomic mass is 15.2. The molecule has 0 fully saturated rings. The van der Waals surface area contributed by atoms with Crippen LogP contribution in [0.15, 0.2) is 6.20 Å². The van der Waals surface area contributed by atoms with E-state index < -0.39 is 0 Å². The molecule has 0 bridgehead atoms. The third kappa shape index (κ3) is 2.66. The molecule has 0 aliphatic carbocycles. The van der Waals surface area contributed by atoms with E-state index in [1.165, 1.54) is 0 Å². The van der Waals surface area contributed by atoms with E-state index in [1.54, 1.807) is 6.20 Å². The first-order chi connectivity index (χ1) is 7.06. The van der Waals surface area contributed by atoms with Crippen LogP contribution in [0.1, 0.15) is 24.7 Å². The monoisotopic (exact) mass is 204 g/mol. The fourth-order valence-electron chi connectivity index (χ4n) is 1.19. The smallest absolute Gasteiger partial charge is 0.147 e. The van der Waals surface area contributed by atoms with Crippen LogP contribution < -0.4 is 4.90 Å². The van der Waals surface area contributed by atoms with Gasteiger partial charge in [-0.3, -0.25) is 4.98 Å². The number of hydrogen-bond acceptors (Lipinski definition) is 4. The predicted octanol–water partition coefficient (Wildman–Crippen LogP) is 1.83. The Hall–Kier alpha value is -1.63. The van der Waals surface area contributed by atoms with Crippen LogP contribution in [0.4, 0.5) is 5.82 Å². The molecular formula is C11H16N4. The van der Waals surface area contributed by atoms with Gasteiger partial charge in [0, 0.05) is 13.1 Å². The van der Waals surface area contributed by atoms with E-state index >= 15 is 0 Å². The van der Waals surface area contributed by atoms with Crippen molar-refractivity contribution in [1.82, 2.24) is 9.97 Å². The summed E-state index contributed by atoms with van der Waals surface area (Å²) in [5.41, 5.74) is 1.88. The summed E-state index contributed by atoms with van der Waals surface area (Å²) < 4.78 is 0. The summed E-state index contributed by atoms with van der Waals surface area (Å²) in [6, 6.07) is 2.31. The van der Waals surface area contributed by atoms with Crippen molar-refractivity contribution in [1.29, 1.82) is 5.26 Å². The maximum Gasteiger partial charge on any atom is 0.147 e. The Bertz CT molecular complexity index is 381. The van der Waals surface area contributed by atoms with E-state index in [-0.39, 0.29) is 6.04 Å². The molecule has 1 aromatic rings. The van der Waals surface area contributed by atoms with Gasteiger partial charge < -0.3 is 4.90 Å². The Morgan fingerprint density at radius 3 is 2.67 bits per heavy atom. The minimum atomic E-state index is 0.159. The summed E-state index contributed by atoms with van der Waals surface area (Å²) in [6.45, 7) is 5.87. The van der Waals surface area contributed by atoms with Crippen LogP contribution >= 0.6 is 0 Å². The molecule has 0 spiro atoms. The molecule has 1 aromatic heterocycles. The standard InChI is InChI=1S/C11H16N4/c1-8(5-6-12)15(4)11-7-13-9(2)10(3)14-11/h7-8H,5H2,1-4H3. The molecule has 1 atom stereocenters. The van der Waals surface area contributed by atoms with Gasteiger partial charge in [-0.1, -0.05) is 0 Å². The van der Waals surface area contributed by atoms with Crippen molar-refractivity contribution in [3.8, 4) is 6.07 Å². The van der Waals surface area contributed by atoms with Crippen LogP contribution in [-0.2, 0) is 0 Å². The highest BCUT2D eigenvalue weighted by Gasteiger charge is 2.11. The normalized spacial score (nSPS) is 11.9. The molecule has 0 amide bonds. The molecule has 1 unspecified atom stereocenters. The summed E-state index contributed by atoms with van der Waals surface area (Å²) in [7, 11) is 1.93. The molecule has 0 aliphatic heterocycles. The average Bonchev–Trinajstić information content (AvgIpc) is 2.21. The molecule has 0 saturated carbocycles. The van der Waals surface area contributed by atoms with Gasteiger partial charge in [-0.2, -0.15) is 5.26 Å². The molecule has 80 valence electrons. The van der Waals surface area contributed by atoms with E-state index in [1.807, 2.05) is 32.7 Å². The molecule has 15 heavy (non-hydrogen) atoms. The second-order valence-electron chi connectivity index (χ2n) is 3.72. The molecular weight excluding hydrogens is 188 g/mol. The van der Waals surface area contributed by atoms with Crippen molar-refractivity contribution < 1.29 is 0 Å². The minimum Gasteiger partial charge on any atom is -0.355 e. The molecule has 0 radical (unpaired) electrons. The highest BCUT2D eigenvalue weighted by Crippen LogP contribution is 2.13. The molecule has 1 rings (SSSR count). The van der Waals surface area contributed by atoms with Gasteiger partial charge in [-0.15, -0.1) is 0 Å². The van der Waals surface area contributed by atoms with Crippen molar-refractivity contribution >= 4 is 5.82 Å². The number of anilines is 1. The fourth-order valence-corrected chi connectivity index (χ4v) is 1.19. The number of aromatic nitrogens is 2. The maximum atomic E-state index is 8.62. The number of nitriles is 1. The molecule has 0 aliphatic rings. The first kappa shape index (κ1) is 11.4. The van der Waals surface area contributed by atoms with Crippen LogP contribution in [-0.4, -0.2) is 23.1 Å². The second-order valence-corrected chi connectivity index (χ2v) is 3.72. The van der Waals surface area contributed by atoms with Gasteiger partial charge in [-0.05, 0) is 20.8 Å². The van der Waals surface area contributed by atoms with Gasteiger partial charge in [0.1, 0.15) is 5.82 Å². The summed E-state index contributed by atoms with van der Waals surface area (Å²) >= 11 is 0. The molecule has 0 aromatic carbocycles. The summed E-state index contributed by atoms with van der Waals surface area (Å²) in [5.74, 6) is 0.820. The largest absolute Gasteiger partial charge is 0.355 e. The molecule has 0 N–H and O–H groups in total. The summed E-state index contributed by atoms with van der Waals surface area (Å²) in [6.07, 6.45) is 2.24. The minimum absolute atomic E-state index is 0.159. The van der Waals surface area contributed by atoms with E-state index in [2.05, 4.69) is 16.0 Å². The number of rotatable bonds is 3. The zero-order chi connectivity index (χ0) is 11.4. The van der Waals surface area contributed by atoms with E-state index in [0.29, 0.717) is 6.42 Å². The third-order valence-corrected chi connectivity index (χ3v) is 2.59. The predicted molar refractivity (Wildman–Crippen MR) is 59.6 cm³/mol. The first-order valence-electron chi connectivity index (χ1n) is 4.96. The maximum absolute atomic E-state index is 8.62. The lowest BCUT2D eigenvalue weighted by Crippen LogP contribution is -2.29. The van der Waals surface area contributed by atoms with Gasteiger partial charge in [0.05, 0.1) is 30.1 Å². The van der Waals surface area contributed by atoms with Crippen molar-refractivity contribution in [2.75, 3.05) is 11.9 Å². The zero-order valence-electron chi connectivity index (χ0n) is 9.65. The number of aryl methyl sites for hydroxylation is 2. The lowest BCUT2D eigenvalue weighted by Gasteiger charge is -2.24. The van der Waals surface area contributed by atoms with Crippen molar-refractivity contribution in [3.63, 3.8) is 0 Å². The Morgan fingerprint density at radius 1 is 1.47 bits per heavy atom. The van der Waals surface area contributed by atoms with Crippen LogP contribution in [0.2, 0.25) is 0 Å². The van der Waals surface area contributed by atoms with Crippen LogP contribution in [0, 0.1) is 25.2 Å². The van der Waals surface area contributed by atoms with Gasteiger partial charge in [-0.25, -0.2) is 4.98 Å². The second kappa shape index (κ2) is 4.74. The van der Waals surface area contributed by atoms with E-state index in [4.69, 9.17) is 5.26 Å². The highest BCUT2D eigenvalue weighted by molar-refractivity contribution is 5.37. The molecule has 4 heteroatoms. The van der Waals surface area contributed by atoms with Crippen LogP contribution in [0.5, 0.6) is 0 Å². The number of nitrogens with zero attached hydrogens (tertiary/aromatic N) is 4. The van der Waals surface area contributed by atoms with Crippen molar-refractivity contribution in [3.05, 3.63) is 17.6 Å². The van der Waals surface area contributed by atoms with Crippen LogP contribution in [0.25, 0.3) is 0 Å². The Morgan fingerprint density at radius 2 is 2.13 bits per heavy atom. The van der Waals surface area contributed by atoms with Gasteiger partial charge in [0.25, 0.3) is 0 Å². The van der Waals surface area contributed by atoms with E-state index in [0.717, 1.165) is 17.2 Å². The Kier molecular flexibility index (Phi) is 3.62. The zero-order valence-corrected chi connectivity index (χ0v) is 9.65. The Balaban J connectivity index is 2.87. The molecule has 4 nitrogen and oxygen atoms in total. The fraction of sp³-hybridized carbons (Fsp3) is 0.545. The van der Waals surface area contributed by atoms with Gasteiger partial charge in [0.15, 0.2) is 0 Å². The summed E-state index contributed by atoms with van der Waals surface area (Å²) in [5, 5.41) is 8.62. The van der Waals surface area contributed by atoms with Crippen molar-refractivity contribution in [2.24, 2.45) is 0 Å². The van der Waals surface area contributed by atoms with Gasteiger partial charge >= 0.3 is 0 Å². The van der Waals surface area contributed by atoms with Gasteiger partial charge in [0.2, 0.25) is 0 Å². The SMILES string of the molecule is Cc1ncc(N(C)C(C)CC#N)nc1C. The molecule has 1 heterocycles. The Labute approximate surface area is 90.6 Å².